The van der Waals surface area contributed by atoms with E-state index in [1.54, 1.807) is 12.1 Å². The molecule has 3 nitrogen and oxygen atoms in total. The number of nitrogens with zero attached hydrogens (tertiary/aromatic N) is 1. The molecule has 0 fully saturated rings. The largest absolute Gasteiger partial charge is 0.341 e. The zero-order valence-corrected chi connectivity index (χ0v) is 9.95. The molecular weight excluding hydrogens is 233 g/mol. The number of aromatic amines is 1. The Morgan fingerprint density at radius 3 is 2.67 bits per heavy atom. The average molecular weight is 244 g/mol. The summed E-state index contributed by atoms with van der Waals surface area (Å²) < 4.78 is 0. The molecule has 1 heterocycles. The van der Waals surface area contributed by atoms with Gasteiger partial charge in [0.1, 0.15) is 5.82 Å². The van der Waals surface area contributed by atoms with Gasteiger partial charge in [-0.1, -0.05) is 23.2 Å². The van der Waals surface area contributed by atoms with Crippen LogP contribution in [-0.2, 0) is 0 Å². The summed E-state index contributed by atoms with van der Waals surface area (Å²) in [5, 5.41) is 4.18. The molecule has 0 aliphatic carbocycles. The third kappa shape index (κ3) is 1.95. The highest BCUT2D eigenvalue weighted by molar-refractivity contribution is 6.42. The smallest absolute Gasteiger partial charge is 0.124 e. The molecular formula is C10H11Cl2N3. The van der Waals surface area contributed by atoms with E-state index in [-0.39, 0.29) is 6.04 Å². The van der Waals surface area contributed by atoms with Gasteiger partial charge in [-0.25, -0.2) is 4.98 Å². The molecule has 1 aromatic carbocycles. The number of hydrogen-bond donors (Lipinski definition) is 2. The maximum Gasteiger partial charge on any atom is 0.124 e. The minimum atomic E-state index is 0.176. The van der Waals surface area contributed by atoms with Crippen molar-refractivity contribution in [2.75, 3.05) is 7.05 Å². The zero-order valence-electron chi connectivity index (χ0n) is 8.44. The SMILES string of the molecule is CNC(C)c1nc2cc(Cl)c(Cl)cc2[nH]1. The molecule has 15 heavy (non-hydrogen) atoms. The van der Waals surface area contributed by atoms with Crippen LogP contribution in [0.25, 0.3) is 11.0 Å². The summed E-state index contributed by atoms with van der Waals surface area (Å²) in [6, 6.07) is 3.73. The van der Waals surface area contributed by atoms with Gasteiger partial charge in [0, 0.05) is 0 Å². The van der Waals surface area contributed by atoms with E-state index in [2.05, 4.69) is 15.3 Å². The molecule has 5 heteroatoms. The summed E-state index contributed by atoms with van der Waals surface area (Å²) in [7, 11) is 1.89. The number of hydrogen-bond acceptors (Lipinski definition) is 2. The highest BCUT2D eigenvalue weighted by atomic mass is 35.5. The molecule has 0 aliphatic heterocycles. The third-order valence-corrected chi connectivity index (χ3v) is 3.11. The molecule has 2 N–H and O–H groups in total. The van der Waals surface area contributed by atoms with Gasteiger partial charge in [-0.15, -0.1) is 0 Å². The van der Waals surface area contributed by atoms with Crippen LogP contribution >= 0.6 is 23.2 Å². The Labute approximate surface area is 97.8 Å². The van der Waals surface area contributed by atoms with Crippen LogP contribution in [0.1, 0.15) is 18.8 Å². The second-order valence-electron chi connectivity index (χ2n) is 3.42. The van der Waals surface area contributed by atoms with Gasteiger partial charge < -0.3 is 10.3 Å². The number of benzene rings is 1. The van der Waals surface area contributed by atoms with Gasteiger partial charge >= 0.3 is 0 Å². The molecule has 1 aromatic heterocycles. The monoisotopic (exact) mass is 243 g/mol. The van der Waals surface area contributed by atoms with Crippen molar-refractivity contribution in [2.24, 2.45) is 0 Å². The lowest BCUT2D eigenvalue weighted by molar-refractivity contribution is 0.620. The second kappa shape index (κ2) is 4.00. The molecule has 0 spiro atoms. The van der Waals surface area contributed by atoms with Gasteiger partial charge in [0.15, 0.2) is 0 Å². The number of halogens is 2. The molecule has 2 rings (SSSR count). The number of nitrogens with one attached hydrogen (secondary N) is 2. The van der Waals surface area contributed by atoms with Gasteiger partial charge in [0.2, 0.25) is 0 Å². The first-order valence-corrected chi connectivity index (χ1v) is 5.39. The van der Waals surface area contributed by atoms with Crippen molar-refractivity contribution >= 4 is 34.2 Å². The number of rotatable bonds is 2. The number of imidazole rings is 1. The fourth-order valence-corrected chi connectivity index (χ4v) is 1.69. The van der Waals surface area contributed by atoms with E-state index in [1.165, 1.54) is 0 Å². The number of H-pyrrole nitrogens is 1. The Hall–Kier alpha value is -0.770. The second-order valence-corrected chi connectivity index (χ2v) is 4.23. The minimum absolute atomic E-state index is 0.176. The van der Waals surface area contributed by atoms with Gasteiger partial charge in [0.05, 0.1) is 27.1 Å². The molecule has 80 valence electrons. The van der Waals surface area contributed by atoms with Crippen LogP contribution in [0.15, 0.2) is 12.1 Å². The topological polar surface area (TPSA) is 40.7 Å². The van der Waals surface area contributed by atoms with Crippen LogP contribution in [-0.4, -0.2) is 17.0 Å². The van der Waals surface area contributed by atoms with Crippen molar-refractivity contribution < 1.29 is 0 Å². The van der Waals surface area contributed by atoms with Gasteiger partial charge in [-0.3, -0.25) is 0 Å². The molecule has 1 unspecified atom stereocenters. The Morgan fingerprint density at radius 2 is 2.00 bits per heavy atom. The first-order chi connectivity index (χ1) is 7.11. The van der Waals surface area contributed by atoms with E-state index in [0.29, 0.717) is 10.0 Å². The standard InChI is InChI=1S/C10H11Cl2N3/c1-5(13-2)10-14-8-3-6(11)7(12)4-9(8)15-10/h3-5,13H,1-2H3,(H,14,15). The molecule has 0 bridgehead atoms. The van der Waals surface area contributed by atoms with Crippen LogP contribution in [0.4, 0.5) is 0 Å². The zero-order chi connectivity index (χ0) is 11.0. The molecule has 0 saturated carbocycles. The van der Waals surface area contributed by atoms with Crippen molar-refractivity contribution in [3.05, 3.63) is 28.0 Å². The molecule has 0 saturated heterocycles. The molecule has 1 atom stereocenters. The number of fused-ring (bicyclic) bond motifs is 1. The maximum atomic E-state index is 5.92. The van der Waals surface area contributed by atoms with E-state index in [0.717, 1.165) is 16.9 Å². The third-order valence-electron chi connectivity index (χ3n) is 2.39. The predicted molar refractivity (Wildman–Crippen MR) is 63.6 cm³/mol. The summed E-state index contributed by atoms with van der Waals surface area (Å²) in [5.41, 5.74) is 1.74. The van der Waals surface area contributed by atoms with E-state index in [9.17, 15) is 0 Å². The normalized spacial score (nSPS) is 13.3. The van der Waals surface area contributed by atoms with Crippen LogP contribution < -0.4 is 5.32 Å². The first-order valence-electron chi connectivity index (χ1n) is 4.63. The van der Waals surface area contributed by atoms with E-state index < -0.39 is 0 Å². The Balaban J connectivity index is 2.56. The molecule has 2 aromatic rings. The molecule has 0 amide bonds. The highest BCUT2D eigenvalue weighted by Gasteiger charge is 2.10. The Morgan fingerprint density at radius 1 is 1.33 bits per heavy atom. The van der Waals surface area contributed by atoms with Gasteiger partial charge in [-0.2, -0.15) is 0 Å². The summed E-state index contributed by atoms with van der Waals surface area (Å²) >= 11 is 11.8. The van der Waals surface area contributed by atoms with Crippen LogP contribution in [0.2, 0.25) is 10.0 Å². The van der Waals surface area contributed by atoms with Crippen molar-refractivity contribution in [1.29, 1.82) is 0 Å². The molecule has 0 aliphatic rings. The summed E-state index contributed by atoms with van der Waals surface area (Å²) in [6.45, 7) is 2.03. The summed E-state index contributed by atoms with van der Waals surface area (Å²) in [4.78, 5) is 7.62. The van der Waals surface area contributed by atoms with E-state index in [4.69, 9.17) is 23.2 Å². The van der Waals surface area contributed by atoms with Gasteiger partial charge in [0.25, 0.3) is 0 Å². The van der Waals surface area contributed by atoms with Crippen molar-refractivity contribution in [3.63, 3.8) is 0 Å². The Kier molecular flexibility index (Phi) is 2.87. The summed E-state index contributed by atoms with van der Waals surface area (Å²) in [5.74, 6) is 0.880. The number of aromatic nitrogens is 2. The van der Waals surface area contributed by atoms with Crippen LogP contribution in [0, 0.1) is 0 Å². The predicted octanol–water partition coefficient (Wildman–Crippen LogP) is 3.15. The van der Waals surface area contributed by atoms with Crippen LogP contribution in [0.3, 0.4) is 0 Å². The lowest BCUT2D eigenvalue weighted by Gasteiger charge is -2.04. The maximum absolute atomic E-state index is 5.92. The Bertz CT molecular complexity index is 454. The first kappa shape index (κ1) is 10.7. The lowest BCUT2D eigenvalue weighted by Crippen LogP contribution is -2.13. The van der Waals surface area contributed by atoms with Gasteiger partial charge in [-0.05, 0) is 26.1 Å². The van der Waals surface area contributed by atoms with Crippen molar-refractivity contribution in [1.82, 2.24) is 15.3 Å². The minimum Gasteiger partial charge on any atom is -0.341 e. The van der Waals surface area contributed by atoms with E-state index >= 15 is 0 Å². The molecule has 0 radical (unpaired) electrons. The van der Waals surface area contributed by atoms with Crippen molar-refractivity contribution in [3.8, 4) is 0 Å². The highest BCUT2D eigenvalue weighted by Crippen LogP contribution is 2.27. The fourth-order valence-electron chi connectivity index (χ4n) is 1.37. The fraction of sp³-hybridized carbons (Fsp3) is 0.300. The lowest BCUT2D eigenvalue weighted by atomic mass is 10.3. The van der Waals surface area contributed by atoms with Crippen molar-refractivity contribution in [2.45, 2.75) is 13.0 Å². The van der Waals surface area contributed by atoms with Crippen LogP contribution in [0.5, 0.6) is 0 Å². The quantitative estimate of drug-likeness (QED) is 0.851. The summed E-state index contributed by atoms with van der Waals surface area (Å²) in [6.07, 6.45) is 0. The average Bonchev–Trinajstić information content (AvgIpc) is 2.60. The van der Waals surface area contributed by atoms with E-state index in [1.807, 2.05) is 14.0 Å².